The fourth-order valence-corrected chi connectivity index (χ4v) is 3.76. The van der Waals surface area contributed by atoms with Crippen molar-refractivity contribution >= 4 is 17.7 Å². The maximum absolute atomic E-state index is 13.4. The average molecular weight is 431 g/mol. The molecule has 2 heterocycles. The van der Waals surface area contributed by atoms with Gasteiger partial charge >= 0.3 is 6.09 Å². The number of benzene rings is 2. The molecule has 0 aromatic heterocycles. The topological polar surface area (TPSA) is 88.7 Å². The molecular weight excluding hydrogens is 408 g/mol. The highest BCUT2D eigenvalue weighted by Crippen LogP contribution is 2.35. The Balaban J connectivity index is 1.45. The number of hydrogen-bond donors (Lipinski definition) is 3. The number of ether oxygens (including phenoxy) is 2. The SMILES string of the molecule is O=C(N[C@H]1CCOc2c(C(=O)Nc3ccc(F)c(F)c3)cccc21)OCC1CCNC1. The smallest absolute Gasteiger partial charge is 0.407 e. The highest BCUT2D eigenvalue weighted by atomic mass is 19.2. The Morgan fingerprint density at radius 1 is 1.16 bits per heavy atom. The fourth-order valence-electron chi connectivity index (χ4n) is 3.76. The predicted molar refractivity (Wildman–Crippen MR) is 109 cm³/mol. The molecule has 9 heteroatoms. The van der Waals surface area contributed by atoms with Gasteiger partial charge in [0, 0.05) is 36.2 Å². The second-order valence-electron chi connectivity index (χ2n) is 7.60. The van der Waals surface area contributed by atoms with Crippen molar-refractivity contribution in [1.29, 1.82) is 0 Å². The summed E-state index contributed by atoms with van der Waals surface area (Å²) in [6.45, 7) is 2.42. The number of hydrogen-bond acceptors (Lipinski definition) is 5. The minimum Gasteiger partial charge on any atom is -0.492 e. The van der Waals surface area contributed by atoms with Gasteiger partial charge in [0.1, 0.15) is 5.75 Å². The number of fused-ring (bicyclic) bond motifs is 1. The van der Waals surface area contributed by atoms with Crippen molar-refractivity contribution in [3.63, 3.8) is 0 Å². The molecule has 2 amide bonds. The molecule has 0 aliphatic carbocycles. The number of carbonyl (C=O) groups is 2. The number of halogens is 2. The first-order valence-corrected chi connectivity index (χ1v) is 10.2. The lowest BCUT2D eigenvalue weighted by atomic mass is 9.97. The molecule has 0 bridgehead atoms. The van der Waals surface area contributed by atoms with E-state index in [2.05, 4.69) is 16.0 Å². The van der Waals surface area contributed by atoms with Crippen LogP contribution in [0.5, 0.6) is 5.75 Å². The highest BCUT2D eigenvalue weighted by molar-refractivity contribution is 6.06. The summed E-state index contributed by atoms with van der Waals surface area (Å²) in [4.78, 5) is 25.0. The van der Waals surface area contributed by atoms with Crippen LogP contribution in [-0.4, -0.2) is 38.3 Å². The standard InChI is InChI=1S/C22H23F2N3O4/c23-17-5-4-14(10-18(17)24)26-21(28)16-3-1-2-15-19(7-9-30-20(15)16)27-22(29)31-12-13-6-8-25-11-13/h1-5,10,13,19,25H,6-9,11-12H2,(H,26,28)(H,27,29)/t13?,19-/m0/s1. The van der Waals surface area contributed by atoms with Gasteiger partial charge in [0.15, 0.2) is 11.6 Å². The van der Waals surface area contributed by atoms with Crippen molar-refractivity contribution in [2.45, 2.75) is 18.9 Å². The molecule has 7 nitrogen and oxygen atoms in total. The largest absolute Gasteiger partial charge is 0.492 e. The third kappa shape index (κ3) is 4.93. The monoisotopic (exact) mass is 431 g/mol. The first kappa shape index (κ1) is 21.0. The Bertz CT molecular complexity index is 979. The molecule has 164 valence electrons. The van der Waals surface area contributed by atoms with Gasteiger partial charge in [-0.3, -0.25) is 4.79 Å². The molecule has 31 heavy (non-hydrogen) atoms. The summed E-state index contributed by atoms with van der Waals surface area (Å²) >= 11 is 0. The number of carbonyl (C=O) groups excluding carboxylic acids is 2. The molecule has 3 N–H and O–H groups in total. The third-order valence-corrected chi connectivity index (χ3v) is 5.40. The molecule has 2 aromatic rings. The lowest BCUT2D eigenvalue weighted by Gasteiger charge is -2.28. The summed E-state index contributed by atoms with van der Waals surface area (Å²) < 4.78 is 37.6. The van der Waals surface area contributed by atoms with E-state index in [1.54, 1.807) is 18.2 Å². The summed E-state index contributed by atoms with van der Waals surface area (Å²) in [7, 11) is 0. The Morgan fingerprint density at radius 2 is 2.03 bits per heavy atom. The van der Waals surface area contributed by atoms with E-state index in [0.717, 1.165) is 31.6 Å². The molecule has 1 unspecified atom stereocenters. The Labute approximate surface area is 178 Å². The minimum atomic E-state index is -1.06. The lowest BCUT2D eigenvalue weighted by Crippen LogP contribution is -2.34. The van der Waals surface area contributed by atoms with Crippen molar-refractivity contribution in [2.75, 3.05) is 31.6 Å². The van der Waals surface area contributed by atoms with Gasteiger partial charge in [-0.15, -0.1) is 0 Å². The van der Waals surface area contributed by atoms with Gasteiger partial charge in [0.05, 0.1) is 24.8 Å². The number of alkyl carbamates (subject to hydrolysis) is 1. The van der Waals surface area contributed by atoms with Gasteiger partial charge in [-0.05, 0) is 31.2 Å². The van der Waals surface area contributed by atoms with Crippen molar-refractivity contribution in [3.05, 3.63) is 59.2 Å². The molecule has 2 aromatic carbocycles. The molecule has 4 rings (SSSR count). The summed E-state index contributed by atoms with van der Waals surface area (Å²) in [5.41, 5.74) is 1.01. The van der Waals surface area contributed by atoms with Gasteiger partial charge in [0.25, 0.3) is 5.91 Å². The number of anilines is 1. The maximum Gasteiger partial charge on any atom is 0.407 e. The molecule has 2 aliphatic rings. The van der Waals surface area contributed by atoms with Gasteiger partial charge in [-0.1, -0.05) is 12.1 Å². The summed E-state index contributed by atoms with van der Waals surface area (Å²) in [6, 6.07) is 7.77. The van der Waals surface area contributed by atoms with E-state index in [4.69, 9.17) is 9.47 Å². The van der Waals surface area contributed by atoms with Crippen LogP contribution in [0.15, 0.2) is 36.4 Å². The second-order valence-corrected chi connectivity index (χ2v) is 7.60. The molecule has 2 aliphatic heterocycles. The first-order valence-electron chi connectivity index (χ1n) is 10.2. The van der Waals surface area contributed by atoms with E-state index in [1.807, 2.05) is 0 Å². The van der Waals surface area contributed by atoms with Crippen molar-refractivity contribution in [2.24, 2.45) is 5.92 Å². The average Bonchev–Trinajstić information content (AvgIpc) is 3.28. The van der Waals surface area contributed by atoms with E-state index in [0.29, 0.717) is 36.9 Å². The van der Waals surface area contributed by atoms with Crippen LogP contribution < -0.4 is 20.7 Å². The predicted octanol–water partition coefficient (Wildman–Crippen LogP) is 3.38. The molecule has 0 saturated carbocycles. The Kier molecular flexibility index (Phi) is 6.31. The van der Waals surface area contributed by atoms with Crippen LogP contribution in [0.3, 0.4) is 0 Å². The quantitative estimate of drug-likeness (QED) is 0.676. The lowest BCUT2D eigenvalue weighted by molar-refractivity contribution is 0.102. The van der Waals surface area contributed by atoms with Gasteiger partial charge in [-0.25, -0.2) is 13.6 Å². The normalized spacial score (nSPS) is 19.8. The summed E-state index contributed by atoms with van der Waals surface area (Å²) in [5.74, 6) is -1.91. The first-order chi connectivity index (χ1) is 15.0. The van der Waals surface area contributed by atoms with E-state index in [1.165, 1.54) is 6.07 Å². The van der Waals surface area contributed by atoms with Crippen molar-refractivity contribution < 1.29 is 27.8 Å². The van der Waals surface area contributed by atoms with Gasteiger partial charge < -0.3 is 25.4 Å². The third-order valence-electron chi connectivity index (χ3n) is 5.40. The molecular formula is C22H23F2N3O4. The van der Waals surface area contributed by atoms with Crippen LogP contribution in [0.25, 0.3) is 0 Å². The van der Waals surface area contributed by atoms with Crippen molar-refractivity contribution in [3.8, 4) is 5.75 Å². The van der Waals surface area contributed by atoms with Gasteiger partial charge in [-0.2, -0.15) is 0 Å². The number of para-hydroxylation sites is 1. The number of rotatable bonds is 5. The molecule has 0 radical (unpaired) electrons. The van der Waals surface area contributed by atoms with E-state index in [-0.39, 0.29) is 17.3 Å². The second kappa shape index (κ2) is 9.30. The van der Waals surface area contributed by atoms with Crippen LogP contribution in [0.1, 0.15) is 34.8 Å². The maximum atomic E-state index is 13.4. The Morgan fingerprint density at radius 3 is 2.81 bits per heavy atom. The number of amides is 2. The van der Waals surface area contributed by atoms with Crippen molar-refractivity contribution in [1.82, 2.24) is 10.6 Å². The van der Waals surface area contributed by atoms with E-state index < -0.39 is 23.6 Å². The fraction of sp³-hybridized carbons (Fsp3) is 0.364. The molecule has 0 spiro atoms. The molecule has 1 saturated heterocycles. The van der Waals surface area contributed by atoms with E-state index in [9.17, 15) is 18.4 Å². The van der Waals surface area contributed by atoms with Crippen LogP contribution in [0, 0.1) is 17.6 Å². The molecule has 1 fully saturated rings. The summed E-state index contributed by atoms with van der Waals surface area (Å²) in [5, 5.41) is 8.61. The zero-order valence-electron chi connectivity index (χ0n) is 16.8. The zero-order chi connectivity index (χ0) is 21.8. The van der Waals surface area contributed by atoms with E-state index >= 15 is 0 Å². The zero-order valence-corrected chi connectivity index (χ0v) is 16.8. The molecule has 2 atom stereocenters. The van der Waals surface area contributed by atoms with Gasteiger partial charge in [0.2, 0.25) is 0 Å². The number of nitrogens with one attached hydrogen (secondary N) is 3. The van der Waals surface area contributed by atoms with Crippen LogP contribution in [0.4, 0.5) is 19.3 Å². The Hall–Kier alpha value is -3.20. The van der Waals surface area contributed by atoms with Crippen LogP contribution in [-0.2, 0) is 4.74 Å². The van der Waals surface area contributed by atoms with Crippen LogP contribution in [0.2, 0.25) is 0 Å². The minimum absolute atomic E-state index is 0.122. The highest BCUT2D eigenvalue weighted by Gasteiger charge is 2.28. The van der Waals surface area contributed by atoms with Crippen LogP contribution >= 0.6 is 0 Å². The summed E-state index contributed by atoms with van der Waals surface area (Å²) in [6.07, 6.45) is 0.992.